The molecular formula is C11H20. The monoisotopic (exact) mass is 152 g/mol. The zero-order valence-corrected chi connectivity index (χ0v) is 7.90. The smallest absolute Gasteiger partial charge is 0.0240 e. The van der Waals surface area contributed by atoms with Crippen molar-refractivity contribution in [2.75, 3.05) is 0 Å². The van der Waals surface area contributed by atoms with E-state index in [1.54, 1.807) is 0 Å². The second-order valence-electron chi connectivity index (χ2n) is 4.22. The Morgan fingerprint density at radius 3 is 2.27 bits per heavy atom. The van der Waals surface area contributed by atoms with Gasteiger partial charge >= 0.3 is 0 Å². The third-order valence-electron chi connectivity index (χ3n) is 3.37. The lowest BCUT2D eigenvalue weighted by molar-refractivity contribution is 0.200. The molecule has 0 amide bonds. The molecule has 1 aliphatic rings. The van der Waals surface area contributed by atoms with E-state index in [0.717, 1.165) is 5.92 Å². The summed E-state index contributed by atoms with van der Waals surface area (Å²) >= 11 is 0. The number of rotatable bonds is 3. The van der Waals surface area contributed by atoms with E-state index in [4.69, 9.17) is 0 Å². The van der Waals surface area contributed by atoms with Crippen molar-refractivity contribution < 1.29 is 0 Å². The molecule has 0 nitrogen and oxygen atoms in total. The first-order valence-electron chi connectivity index (χ1n) is 4.82. The molecule has 1 aliphatic carbocycles. The lowest BCUT2D eigenvalue weighted by atomic mass is 9.73. The van der Waals surface area contributed by atoms with E-state index >= 15 is 0 Å². The van der Waals surface area contributed by atoms with Gasteiger partial charge in [0.25, 0.3) is 0 Å². The minimum atomic E-state index is 0.627. The summed E-state index contributed by atoms with van der Waals surface area (Å²) in [4.78, 5) is 0. The molecule has 0 N–H and O–H groups in total. The molecule has 1 rings (SSSR count). The molecule has 0 spiro atoms. The minimum Gasteiger partial charge on any atom is -0.103 e. The molecule has 1 saturated carbocycles. The Bertz CT molecular complexity index is 127. The second-order valence-corrected chi connectivity index (χ2v) is 4.22. The van der Waals surface area contributed by atoms with Gasteiger partial charge in [0.2, 0.25) is 0 Å². The van der Waals surface area contributed by atoms with Crippen LogP contribution in [0.1, 0.15) is 46.0 Å². The van der Waals surface area contributed by atoms with Gasteiger partial charge in [0, 0.05) is 0 Å². The summed E-state index contributed by atoms with van der Waals surface area (Å²) in [7, 11) is 0. The number of allylic oxidation sites excluding steroid dienone is 1. The van der Waals surface area contributed by atoms with Crippen molar-refractivity contribution in [1.29, 1.82) is 0 Å². The zero-order chi connectivity index (χ0) is 8.32. The van der Waals surface area contributed by atoms with Gasteiger partial charge in [-0.2, -0.15) is 0 Å². The highest BCUT2D eigenvalue weighted by Crippen LogP contribution is 2.46. The van der Waals surface area contributed by atoms with E-state index in [2.05, 4.69) is 26.5 Å². The quantitative estimate of drug-likeness (QED) is 0.540. The van der Waals surface area contributed by atoms with Crippen LogP contribution in [0.5, 0.6) is 0 Å². The molecule has 64 valence electrons. The van der Waals surface area contributed by atoms with Crippen LogP contribution in [-0.4, -0.2) is 0 Å². The van der Waals surface area contributed by atoms with Crippen molar-refractivity contribution in [3.63, 3.8) is 0 Å². The topological polar surface area (TPSA) is 0 Å². The minimum absolute atomic E-state index is 0.627. The third kappa shape index (κ3) is 1.66. The largest absolute Gasteiger partial charge is 0.103 e. The van der Waals surface area contributed by atoms with E-state index in [1.165, 1.54) is 32.1 Å². The molecule has 1 fully saturated rings. The van der Waals surface area contributed by atoms with Gasteiger partial charge in [0.15, 0.2) is 0 Å². The SMILES string of the molecule is C=CCC1(C(C)C)CCCC1. The Labute approximate surface area is 70.7 Å². The maximum atomic E-state index is 3.85. The maximum absolute atomic E-state index is 3.85. The standard InChI is InChI=1S/C11H20/c1-4-7-11(10(2)3)8-5-6-9-11/h4,10H,1,5-9H2,2-3H3. The molecule has 0 aromatic heterocycles. The molecule has 0 atom stereocenters. The van der Waals surface area contributed by atoms with Crippen LogP contribution in [0.3, 0.4) is 0 Å². The Kier molecular flexibility index (Phi) is 2.75. The molecule has 0 unspecified atom stereocenters. The summed E-state index contributed by atoms with van der Waals surface area (Å²) in [6.45, 7) is 8.56. The van der Waals surface area contributed by atoms with Gasteiger partial charge in [-0.1, -0.05) is 32.8 Å². The van der Waals surface area contributed by atoms with Gasteiger partial charge in [0.05, 0.1) is 0 Å². The Morgan fingerprint density at radius 1 is 1.36 bits per heavy atom. The molecular weight excluding hydrogens is 132 g/mol. The summed E-state index contributed by atoms with van der Waals surface area (Å²) in [5.74, 6) is 0.836. The predicted octanol–water partition coefficient (Wildman–Crippen LogP) is 3.78. The van der Waals surface area contributed by atoms with Gasteiger partial charge in [-0.3, -0.25) is 0 Å². The number of hydrogen-bond donors (Lipinski definition) is 0. The molecule has 0 heteroatoms. The van der Waals surface area contributed by atoms with E-state index in [1.807, 2.05) is 0 Å². The van der Waals surface area contributed by atoms with Crippen molar-refractivity contribution >= 4 is 0 Å². The molecule has 0 aromatic rings. The summed E-state index contributed by atoms with van der Waals surface area (Å²) < 4.78 is 0. The first-order chi connectivity index (χ1) is 5.21. The Hall–Kier alpha value is -0.260. The first-order valence-corrected chi connectivity index (χ1v) is 4.82. The fraction of sp³-hybridized carbons (Fsp3) is 0.818. The highest BCUT2D eigenvalue weighted by atomic mass is 14.4. The van der Waals surface area contributed by atoms with Crippen LogP contribution in [0, 0.1) is 11.3 Å². The third-order valence-corrected chi connectivity index (χ3v) is 3.37. The van der Waals surface area contributed by atoms with Crippen molar-refractivity contribution in [1.82, 2.24) is 0 Å². The summed E-state index contributed by atoms with van der Waals surface area (Å²) in [6, 6.07) is 0. The van der Waals surface area contributed by atoms with Gasteiger partial charge in [-0.25, -0.2) is 0 Å². The van der Waals surface area contributed by atoms with Gasteiger partial charge in [0.1, 0.15) is 0 Å². The Balaban J connectivity index is 2.61. The highest BCUT2D eigenvalue weighted by Gasteiger charge is 2.35. The number of hydrogen-bond acceptors (Lipinski definition) is 0. The van der Waals surface area contributed by atoms with Crippen LogP contribution in [0.25, 0.3) is 0 Å². The van der Waals surface area contributed by atoms with E-state index in [0.29, 0.717) is 5.41 Å². The highest BCUT2D eigenvalue weighted by molar-refractivity contribution is 4.92. The Morgan fingerprint density at radius 2 is 1.91 bits per heavy atom. The average Bonchev–Trinajstić information content (AvgIpc) is 2.38. The van der Waals surface area contributed by atoms with Gasteiger partial charge in [-0.05, 0) is 30.6 Å². The van der Waals surface area contributed by atoms with Gasteiger partial charge in [-0.15, -0.1) is 6.58 Å². The van der Waals surface area contributed by atoms with Crippen molar-refractivity contribution in [2.45, 2.75) is 46.0 Å². The zero-order valence-electron chi connectivity index (χ0n) is 7.90. The molecule has 0 bridgehead atoms. The normalized spacial score (nSPS) is 22.5. The van der Waals surface area contributed by atoms with Crippen LogP contribution in [-0.2, 0) is 0 Å². The molecule has 0 heterocycles. The van der Waals surface area contributed by atoms with Crippen LogP contribution < -0.4 is 0 Å². The predicted molar refractivity (Wildman–Crippen MR) is 50.6 cm³/mol. The van der Waals surface area contributed by atoms with Crippen LogP contribution in [0.2, 0.25) is 0 Å². The second kappa shape index (κ2) is 3.42. The molecule has 0 radical (unpaired) electrons. The summed E-state index contributed by atoms with van der Waals surface area (Å²) in [5.41, 5.74) is 0.627. The fourth-order valence-corrected chi connectivity index (χ4v) is 2.38. The molecule has 0 saturated heterocycles. The van der Waals surface area contributed by atoms with Gasteiger partial charge < -0.3 is 0 Å². The summed E-state index contributed by atoms with van der Waals surface area (Å²) in [5, 5.41) is 0. The molecule has 0 aliphatic heterocycles. The molecule has 11 heavy (non-hydrogen) atoms. The van der Waals surface area contributed by atoms with E-state index < -0.39 is 0 Å². The molecule has 0 aromatic carbocycles. The van der Waals surface area contributed by atoms with E-state index in [9.17, 15) is 0 Å². The fourth-order valence-electron chi connectivity index (χ4n) is 2.38. The van der Waals surface area contributed by atoms with Crippen LogP contribution >= 0.6 is 0 Å². The van der Waals surface area contributed by atoms with Crippen LogP contribution in [0.15, 0.2) is 12.7 Å². The lowest BCUT2D eigenvalue weighted by Gasteiger charge is -2.32. The van der Waals surface area contributed by atoms with Crippen LogP contribution in [0.4, 0.5) is 0 Å². The maximum Gasteiger partial charge on any atom is -0.0240 e. The van der Waals surface area contributed by atoms with Crippen molar-refractivity contribution in [3.8, 4) is 0 Å². The summed E-state index contributed by atoms with van der Waals surface area (Å²) in [6.07, 6.45) is 9.06. The van der Waals surface area contributed by atoms with E-state index in [-0.39, 0.29) is 0 Å². The van der Waals surface area contributed by atoms with Crippen molar-refractivity contribution in [2.24, 2.45) is 11.3 Å². The average molecular weight is 152 g/mol. The van der Waals surface area contributed by atoms with Crippen molar-refractivity contribution in [3.05, 3.63) is 12.7 Å². The lowest BCUT2D eigenvalue weighted by Crippen LogP contribution is -2.22. The first kappa shape index (κ1) is 8.83.